The highest BCUT2D eigenvalue weighted by Crippen LogP contribution is 2.53. The maximum absolute atomic E-state index is 12.4. The molecule has 0 amide bonds. The lowest BCUT2D eigenvalue weighted by molar-refractivity contribution is -0.0684. The average molecular weight is 468 g/mol. The van der Waals surface area contributed by atoms with Crippen LogP contribution >= 0.6 is 19.6 Å². The molecule has 4 heterocycles. The number of hydrogen-bond donors (Lipinski definition) is 5. The Morgan fingerprint density at radius 1 is 1.26 bits per heavy atom. The van der Waals surface area contributed by atoms with E-state index in [0.29, 0.717) is 5.69 Å². The Bertz CT molecular complexity index is 1260. The first-order valence-corrected chi connectivity index (χ1v) is 11.3. The fourth-order valence-corrected chi connectivity index (χ4v) is 5.35. The second kappa shape index (κ2) is 7.31. The van der Waals surface area contributed by atoms with Gasteiger partial charge in [0.15, 0.2) is 22.5 Å². The molecule has 0 spiro atoms. The van der Waals surface area contributed by atoms with Gasteiger partial charge in [0.1, 0.15) is 18.3 Å². The molecule has 2 aliphatic heterocycles. The predicted octanol–water partition coefficient (Wildman–Crippen LogP) is 0.209. The number of imidazole rings is 1. The van der Waals surface area contributed by atoms with E-state index in [-0.39, 0.29) is 28.9 Å². The highest BCUT2D eigenvalue weighted by molar-refractivity contribution is 7.99. The third-order valence-corrected chi connectivity index (χ3v) is 6.81. The number of ether oxygens (including phenoxy) is 1. The standard InChI is InChI=1S/C16H17N6O7PS/c17-6-1-3-7(4-2-6)31-16-19-9-12(20-15(18)21-13(9)24)22(16)14-10(23)11-8(28-14)5-27-30(25,26)29-11/h1-4,8,10-11,14,23H,5,17H2,(H,25,26)(H3,18,20,21,24)/t8-,10-,11-,14-/m1/s1. The minimum Gasteiger partial charge on any atom is -0.399 e. The molecule has 2 aliphatic rings. The minimum absolute atomic E-state index is 0.0113. The van der Waals surface area contributed by atoms with Crippen LogP contribution in [0.4, 0.5) is 11.6 Å². The Morgan fingerprint density at radius 3 is 2.74 bits per heavy atom. The highest BCUT2D eigenvalue weighted by atomic mass is 32.2. The molecule has 15 heteroatoms. The predicted molar refractivity (Wildman–Crippen MR) is 108 cm³/mol. The number of hydrogen-bond acceptors (Lipinski definition) is 11. The molecule has 13 nitrogen and oxygen atoms in total. The number of aromatic amines is 1. The van der Waals surface area contributed by atoms with E-state index in [0.717, 1.165) is 4.90 Å². The Kier molecular flexibility index (Phi) is 4.82. The summed E-state index contributed by atoms with van der Waals surface area (Å²) < 4.78 is 28.9. The van der Waals surface area contributed by atoms with Crippen LogP contribution in [0, 0.1) is 0 Å². The van der Waals surface area contributed by atoms with Gasteiger partial charge in [-0.15, -0.1) is 0 Å². The third kappa shape index (κ3) is 3.61. The average Bonchev–Trinajstić information content (AvgIpc) is 3.20. The van der Waals surface area contributed by atoms with Crippen LogP contribution in [0.25, 0.3) is 11.2 Å². The fraction of sp³-hybridized carbons (Fsp3) is 0.312. The number of aliphatic hydroxyl groups is 1. The molecule has 31 heavy (non-hydrogen) atoms. The number of benzene rings is 1. The van der Waals surface area contributed by atoms with Gasteiger partial charge in [-0.1, -0.05) is 11.8 Å². The molecule has 2 saturated heterocycles. The van der Waals surface area contributed by atoms with Gasteiger partial charge in [-0.05, 0) is 24.3 Å². The van der Waals surface area contributed by atoms with Crippen molar-refractivity contribution in [1.29, 1.82) is 0 Å². The van der Waals surface area contributed by atoms with Crippen LogP contribution < -0.4 is 17.0 Å². The number of phosphoric ester groups is 1. The molecule has 164 valence electrons. The van der Waals surface area contributed by atoms with Crippen LogP contribution in [-0.4, -0.2) is 54.4 Å². The van der Waals surface area contributed by atoms with E-state index < -0.39 is 37.9 Å². The summed E-state index contributed by atoms with van der Waals surface area (Å²) in [5.74, 6) is -0.146. The summed E-state index contributed by atoms with van der Waals surface area (Å²) in [5.41, 5.74) is 11.5. The van der Waals surface area contributed by atoms with Crippen LogP contribution in [0.15, 0.2) is 39.1 Å². The van der Waals surface area contributed by atoms with Crippen LogP contribution in [0.3, 0.4) is 0 Å². The second-order valence-corrected chi connectivity index (χ2v) is 9.40. The zero-order valence-electron chi connectivity index (χ0n) is 15.6. The summed E-state index contributed by atoms with van der Waals surface area (Å²) in [6.07, 6.45) is -4.45. The van der Waals surface area contributed by atoms with Gasteiger partial charge in [-0.2, -0.15) is 4.98 Å². The minimum atomic E-state index is -4.30. The van der Waals surface area contributed by atoms with Crippen LogP contribution in [0.1, 0.15) is 6.23 Å². The van der Waals surface area contributed by atoms with Crippen molar-refractivity contribution in [2.24, 2.45) is 0 Å². The topological polar surface area (TPSA) is 201 Å². The SMILES string of the molecule is Nc1ccc(Sc2nc3c(=O)[nH]c(N)nc3n2[C@@H]2O[C@@H]3COP(=O)(O)O[C@H]3[C@H]2O)cc1. The van der Waals surface area contributed by atoms with E-state index in [1.807, 2.05) is 0 Å². The van der Waals surface area contributed by atoms with Gasteiger partial charge in [0.05, 0.1) is 6.61 Å². The van der Waals surface area contributed by atoms with E-state index >= 15 is 0 Å². The number of phosphoric acid groups is 1. The largest absolute Gasteiger partial charge is 0.472 e. The number of nitrogens with zero attached hydrogens (tertiary/aromatic N) is 3. The zero-order chi connectivity index (χ0) is 21.9. The number of H-pyrrole nitrogens is 1. The van der Waals surface area contributed by atoms with Gasteiger partial charge in [0, 0.05) is 10.6 Å². The molecule has 0 radical (unpaired) electrons. The van der Waals surface area contributed by atoms with Gasteiger partial charge >= 0.3 is 7.82 Å². The monoisotopic (exact) mass is 468 g/mol. The number of aromatic nitrogens is 4. The number of nitrogen functional groups attached to an aromatic ring is 2. The lowest BCUT2D eigenvalue weighted by Crippen LogP contribution is -2.39. The van der Waals surface area contributed by atoms with Crippen molar-refractivity contribution < 1.29 is 28.3 Å². The van der Waals surface area contributed by atoms with Crippen molar-refractivity contribution in [3.63, 3.8) is 0 Å². The Labute approximate surface area is 178 Å². The molecular weight excluding hydrogens is 451 g/mol. The van der Waals surface area contributed by atoms with Gasteiger partial charge < -0.3 is 26.2 Å². The Morgan fingerprint density at radius 2 is 2.00 bits per heavy atom. The maximum atomic E-state index is 12.4. The maximum Gasteiger partial charge on any atom is 0.472 e. The van der Waals surface area contributed by atoms with Gasteiger partial charge in [-0.3, -0.25) is 23.4 Å². The number of aliphatic hydroxyl groups excluding tert-OH is 1. The number of nitrogens with two attached hydrogens (primary N) is 2. The molecule has 0 bridgehead atoms. The number of fused-ring (bicyclic) bond motifs is 2. The molecule has 2 fully saturated rings. The Balaban J connectivity index is 1.62. The van der Waals surface area contributed by atoms with Crippen molar-refractivity contribution >= 4 is 42.4 Å². The number of anilines is 2. The molecular formula is C16H17N6O7PS. The van der Waals surface area contributed by atoms with Crippen molar-refractivity contribution in [3.8, 4) is 0 Å². The van der Waals surface area contributed by atoms with Crippen molar-refractivity contribution in [2.45, 2.75) is 34.6 Å². The highest BCUT2D eigenvalue weighted by Gasteiger charge is 2.53. The van der Waals surface area contributed by atoms with E-state index in [1.165, 1.54) is 16.3 Å². The van der Waals surface area contributed by atoms with Crippen LogP contribution in [0.2, 0.25) is 0 Å². The molecule has 5 atom stereocenters. The first-order valence-electron chi connectivity index (χ1n) is 9.02. The van der Waals surface area contributed by atoms with Gasteiger partial charge in [0.25, 0.3) is 5.56 Å². The molecule has 3 aromatic rings. The second-order valence-electron chi connectivity index (χ2n) is 6.95. The van der Waals surface area contributed by atoms with E-state index in [9.17, 15) is 19.4 Å². The smallest absolute Gasteiger partial charge is 0.399 e. The van der Waals surface area contributed by atoms with Gasteiger partial charge in [0.2, 0.25) is 5.95 Å². The molecule has 7 N–H and O–H groups in total. The first kappa shape index (κ1) is 20.5. The molecule has 0 saturated carbocycles. The third-order valence-electron chi connectivity index (χ3n) is 4.85. The Hall–Kier alpha value is -2.45. The van der Waals surface area contributed by atoms with E-state index in [1.54, 1.807) is 24.3 Å². The fourth-order valence-electron chi connectivity index (χ4n) is 3.47. The normalized spacial score (nSPS) is 30.5. The summed E-state index contributed by atoms with van der Waals surface area (Å²) in [6.45, 7) is -0.255. The lowest BCUT2D eigenvalue weighted by atomic mass is 10.1. The summed E-state index contributed by atoms with van der Waals surface area (Å²) in [7, 11) is -4.30. The summed E-state index contributed by atoms with van der Waals surface area (Å²) in [5, 5.41) is 11.1. The molecule has 0 aliphatic carbocycles. The summed E-state index contributed by atoms with van der Waals surface area (Å²) in [4.78, 5) is 33.7. The van der Waals surface area contributed by atoms with E-state index in [2.05, 4.69) is 15.0 Å². The molecule has 5 rings (SSSR count). The van der Waals surface area contributed by atoms with Crippen LogP contribution in [0.5, 0.6) is 0 Å². The van der Waals surface area contributed by atoms with Crippen molar-refractivity contribution in [1.82, 2.24) is 19.5 Å². The number of rotatable bonds is 3. The zero-order valence-corrected chi connectivity index (χ0v) is 17.3. The molecule has 1 unspecified atom stereocenters. The summed E-state index contributed by atoms with van der Waals surface area (Å²) in [6, 6.07) is 6.94. The van der Waals surface area contributed by atoms with Crippen molar-refractivity contribution in [2.75, 3.05) is 18.1 Å². The molecule has 1 aromatic carbocycles. The quantitative estimate of drug-likeness (QED) is 0.259. The first-order chi connectivity index (χ1) is 14.7. The van der Waals surface area contributed by atoms with Crippen molar-refractivity contribution in [3.05, 3.63) is 34.6 Å². The molecule has 2 aromatic heterocycles. The van der Waals surface area contributed by atoms with E-state index in [4.69, 9.17) is 25.3 Å². The lowest BCUT2D eigenvalue weighted by Gasteiger charge is -2.27. The number of nitrogens with one attached hydrogen (secondary N) is 1. The summed E-state index contributed by atoms with van der Waals surface area (Å²) >= 11 is 1.18. The van der Waals surface area contributed by atoms with Crippen LogP contribution in [-0.2, 0) is 18.3 Å². The van der Waals surface area contributed by atoms with Gasteiger partial charge in [-0.25, -0.2) is 9.55 Å².